The van der Waals surface area contributed by atoms with E-state index in [2.05, 4.69) is 48.3 Å². The van der Waals surface area contributed by atoms with Gasteiger partial charge in [-0.2, -0.15) is 0 Å². The number of nitrogens with zero attached hydrogens (tertiary/aromatic N) is 3. The van der Waals surface area contributed by atoms with Gasteiger partial charge < -0.3 is 4.57 Å². The van der Waals surface area contributed by atoms with Gasteiger partial charge in [-0.3, -0.25) is 0 Å². The van der Waals surface area contributed by atoms with Gasteiger partial charge in [0.25, 0.3) is 0 Å². The summed E-state index contributed by atoms with van der Waals surface area (Å²) in [6.07, 6.45) is 1.89. The molecule has 0 radical (unpaired) electrons. The zero-order chi connectivity index (χ0) is 15.1. The van der Waals surface area contributed by atoms with Crippen molar-refractivity contribution in [3.63, 3.8) is 0 Å². The third kappa shape index (κ3) is 2.83. The minimum atomic E-state index is -0.118. The number of aromatic nitrogens is 3. The first-order valence-corrected chi connectivity index (χ1v) is 7.63. The van der Waals surface area contributed by atoms with Crippen molar-refractivity contribution in [1.82, 2.24) is 14.5 Å². The van der Waals surface area contributed by atoms with E-state index in [0.717, 1.165) is 29.1 Å². The number of hydrogen-bond acceptors (Lipinski definition) is 2. The molecule has 2 heterocycles. The van der Waals surface area contributed by atoms with Crippen molar-refractivity contribution in [3.05, 3.63) is 23.7 Å². The van der Waals surface area contributed by atoms with E-state index < -0.39 is 0 Å². The van der Waals surface area contributed by atoms with Crippen molar-refractivity contribution in [2.75, 3.05) is 0 Å². The second kappa shape index (κ2) is 5.36. The molecule has 20 heavy (non-hydrogen) atoms. The molecule has 0 fully saturated rings. The van der Waals surface area contributed by atoms with Crippen molar-refractivity contribution < 1.29 is 0 Å². The summed E-state index contributed by atoms with van der Waals surface area (Å²) in [4.78, 5) is 9.25. The van der Waals surface area contributed by atoms with E-state index in [1.54, 1.807) is 0 Å². The molecule has 0 aliphatic carbocycles. The fourth-order valence-electron chi connectivity index (χ4n) is 2.18. The molecule has 4 heteroatoms. The van der Waals surface area contributed by atoms with Crippen molar-refractivity contribution in [1.29, 1.82) is 0 Å². The average Bonchev–Trinajstić information content (AvgIpc) is 2.66. The van der Waals surface area contributed by atoms with Gasteiger partial charge in [0.05, 0.1) is 5.38 Å². The maximum absolute atomic E-state index is 6.32. The van der Waals surface area contributed by atoms with Gasteiger partial charge >= 0.3 is 0 Å². The summed E-state index contributed by atoms with van der Waals surface area (Å²) < 4.78 is 2.19. The molecule has 110 valence electrons. The third-order valence-electron chi connectivity index (χ3n) is 4.24. The molecule has 3 nitrogen and oxygen atoms in total. The average molecular weight is 294 g/mol. The number of hydrogen-bond donors (Lipinski definition) is 0. The van der Waals surface area contributed by atoms with Gasteiger partial charge in [0.15, 0.2) is 5.65 Å². The van der Waals surface area contributed by atoms with Crippen molar-refractivity contribution >= 4 is 22.8 Å². The summed E-state index contributed by atoms with van der Waals surface area (Å²) in [5.74, 6) is 1.48. The molecule has 2 rings (SSSR count). The quantitative estimate of drug-likeness (QED) is 0.764. The van der Waals surface area contributed by atoms with Gasteiger partial charge in [0.1, 0.15) is 11.3 Å². The molecule has 0 aliphatic heterocycles. The zero-order valence-electron chi connectivity index (χ0n) is 13.2. The lowest BCUT2D eigenvalue weighted by Crippen LogP contribution is -2.26. The predicted octanol–water partition coefficient (Wildman–Crippen LogP) is 4.72. The molecule has 0 aliphatic rings. The minimum Gasteiger partial charge on any atom is -0.311 e. The third-order valence-corrected chi connectivity index (χ3v) is 4.43. The van der Waals surface area contributed by atoms with Crippen LogP contribution in [0.5, 0.6) is 0 Å². The highest BCUT2D eigenvalue weighted by Gasteiger charge is 2.26. The molecule has 2 aromatic heterocycles. The normalized spacial score (nSPS) is 14.2. The second-order valence-electron chi connectivity index (χ2n) is 6.67. The van der Waals surface area contributed by atoms with Gasteiger partial charge in [-0.25, -0.2) is 9.97 Å². The van der Waals surface area contributed by atoms with Crippen molar-refractivity contribution in [2.24, 2.45) is 11.3 Å². The number of rotatable bonds is 4. The Hall–Kier alpha value is -1.09. The SMILES string of the molecule is Cc1cnc2c(c1)nc(C(C)Cl)n2CC(C)(C)C(C)C. The van der Waals surface area contributed by atoms with Gasteiger partial charge in [-0.15, -0.1) is 11.6 Å². The molecule has 0 spiro atoms. The van der Waals surface area contributed by atoms with E-state index >= 15 is 0 Å². The van der Waals surface area contributed by atoms with E-state index in [1.165, 1.54) is 0 Å². The van der Waals surface area contributed by atoms with Crippen LogP contribution in [-0.4, -0.2) is 14.5 Å². The van der Waals surface area contributed by atoms with Crippen molar-refractivity contribution in [2.45, 2.75) is 53.5 Å². The molecular formula is C16H24ClN3. The number of alkyl halides is 1. The van der Waals surface area contributed by atoms with Crippen LogP contribution >= 0.6 is 11.6 Å². The molecule has 1 atom stereocenters. The summed E-state index contributed by atoms with van der Waals surface area (Å²) in [5.41, 5.74) is 3.17. The fraction of sp³-hybridized carbons (Fsp3) is 0.625. The van der Waals surface area contributed by atoms with Crippen LogP contribution in [0.2, 0.25) is 0 Å². The van der Waals surface area contributed by atoms with Gasteiger partial charge in [0, 0.05) is 12.7 Å². The number of aryl methyl sites for hydroxylation is 1. The van der Waals surface area contributed by atoms with E-state index in [1.807, 2.05) is 20.0 Å². The smallest absolute Gasteiger partial charge is 0.160 e. The minimum absolute atomic E-state index is 0.118. The Labute approximate surface area is 126 Å². The Morgan fingerprint density at radius 2 is 1.95 bits per heavy atom. The van der Waals surface area contributed by atoms with Crippen LogP contribution in [0.25, 0.3) is 11.2 Å². The lowest BCUT2D eigenvalue weighted by Gasteiger charge is -2.30. The van der Waals surface area contributed by atoms with Crippen LogP contribution in [0.3, 0.4) is 0 Å². The Morgan fingerprint density at radius 1 is 1.30 bits per heavy atom. The topological polar surface area (TPSA) is 30.7 Å². The standard InChI is InChI=1S/C16H24ClN3/c1-10(2)16(5,6)9-20-14(12(4)17)19-13-7-11(3)8-18-15(13)20/h7-8,10,12H,9H2,1-6H3. The van der Waals surface area contributed by atoms with Crippen LogP contribution in [0.15, 0.2) is 12.3 Å². The summed E-state index contributed by atoms with van der Waals surface area (Å²) >= 11 is 6.32. The Morgan fingerprint density at radius 3 is 2.50 bits per heavy atom. The van der Waals surface area contributed by atoms with Gasteiger partial charge in [-0.05, 0) is 36.8 Å². The Bertz CT molecular complexity index is 611. The molecule has 0 amide bonds. The number of imidazole rings is 1. The summed E-state index contributed by atoms with van der Waals surface area (Å²) in [6, 6.07) is 2.07. The molecule has 2 aromatic rings. The lowest BCUT2D eigenvalue weighted by atomic mass is 9.81. The monoisotopic (exact) mass is 293 g/mol. The van der Waals surface area contributed by atoms with Crippen molar-refractivity contribution in [3.8, 4) is 0 Å². The summed E-state index contributed by atoms with van der Waals surface area (Å²) in [5, 5.41) is -0.118. The predicted molar refractivity (Wildman–Crippen MR) is 85.2 cm³/mol. The highest BCUT2D eigenvalue weighted by atomic mass is 35.5. The van der Waals surface area contributed by atoms with E-state index in [-0.39, 0.29) is 10.8 Å². The number of pyridine rings is 1. The highest BCUT2D eigenvalue weighted by molar-refractivity contribution is 6.20. The van der Waals surface area contributed by atoms with E-state index in [9.17, 15) is 0 Å². The maximum Gasteiger partial charge on any atom is 0.160 e. The number of halogens is 1. The molecular weight excluding hydrogens is 270 g/mol. The molecule has 1 unspecified atom stereocenters. The van der Waals surface area contributed by atoms with E-state index in [4.69, 9.17) is 11.6 Å². The Kier molecular flexibility index (Phi) is 4.10. The largest absolute Gasteiger partial charge is 0.311 e. The highest BCUT2D eigenvalue weighted by Crippen LogP contribution is 2.32. The number of fused-ring (bicyclic) bond motifs is 1. The van der Waals surface area contributed by atoms with E-state index in [0.29, 0.717) is 5.92 Å². The maximum atomic E-state index is 6.32. The van der Waals surface area contributed by atoms with Crippen LogP contribution in [-0.2, 0) is 6.54 Å². The van der Waals surface area contributed by atoms with Gasteiger partial charge in [0.2, 0.25) is 0 Å². The molecule has 0 aromatic carbocycles. The zero-order valence-corrected chi connectivity index (χ0v) is 14.0. The first-order chi connectivity index (χ1) is 9.22. The van der Waals surface area contributed by atoms with Crippen LogP contribution < -0.4 is 0 Å². The first kappa shape index (κ1) is 15.3. The lowest BCUT2D eigenvalue weighted by molar-refractivity contribution is 0.210. The second-order valence-corrected chi connectivity index (χ2v) is 7.33. The molecule has 0 bridgehead atoms. The molecule has 0 saturated heterocycles. The van der Waals surface area contributed by atoms with Gasteiger partial charge in [-0.1, -0.05) is 27.7 Å². The Balaban J connectivity index is 2.57. The van der Waals surface area contributed by atoms with Crippen LogP contribution in [0.1, 0.15) is 51.4 Å². The van der Waals surface area contributed by atoms with Crippen LogP contribution in [0, 0.1) is 18.3 Å². The fourth-order valence-corrected chi connectivity index (χ4v) is 2.35. The first-order valence-electron chi connectivity index (χ1n) is 7.19. The molecule has 0 saturated carbocycles. The summed E-state index contributed by atoms with van der Waals surface area (Å²) in [6.45, 7) is 13.9. The van der Waals surface area contributed by atoms with Crippen LogP contribution in [0.4, 0.5) is 0 Å². The molecule has 0 N–H and O–H groups in total. The summed E-state index contributed by atoms with van der Waals surface area (Å²) in [7, 11) is 0.